The average molecular weight is 807 g/mol. The molecule has 0 radical (unpaired) electrons. The molecule has 236 valence electrons. The third-order valence-corrected chi connectivity index (χ3v) is 21.7. The summed E-state index contributed by atoms with van der Waals surface area (Å²) < 4.78 is 1.18. The molecule has 2 fully saturated rings. The molecule has 2 aliphatic rings. The molecule has 6 rings (SSSR count). The Morgan fingerprint density at radius 2 is 0.553 bits per heavy atom. The van der Waals surface area contributed by atoms with Crippen LogP contribution in [0.5, 0.6) is 0 Å². The van der Waals surface area contributed by atoms with Gasteiger partial charge in [0, 0.05) is 0 Å². The first-order valence-corrected chi connectivity index (χ1v) is 24.4. The maximum atomic E-state index is 2.80. The summed E-state index contributed by atoms with van der Waals surface area (Å²) in [7, 11) is 0. The molecule has 47 heavy (non-hydrogen) atoms. The molecule has 4 aromatic carbocycles. The van der Waals surface area contributed by atoms with Crippen LogP contribution in [-0.4, -0.2) is 71.2 Å². The van der Waals surface area contributed by atoms with Crippen molar-refractivity contribution in [2.75, 3.05) is 0 Å². The van der Waals surface area contributed by atoms with Gasteiger partial charge in [-0.25, -0.2) is 0 Å². The van der Waals surface area contributed by atoms with Crippen molar-refractivity contribution in [1.29, 1.82) is 0 Å². The molecule has 0 atom stereocenters. The zero-order valence-corrected chi connectivity index (χ0v) is 35.3. The normalized spacial score (nSPS) is 17.8. The van der Waals surface area contributed by atoms with Crippen molar-refractivity contribution in [3.63, 3.8) is 0 Å². The fourth-order valence-electron chi connectivity index (χ4n) is 9.09. The van der Waals surface area contributed by atoms with E-state index in [9.17, 15) is 0 Å². The molecule has 0 aliphatic carbocycles. The second-order valence-electron chi connectivity index (χ2n) is 14.9. The molecule has 2 saturated heterocycles. The molecular weight excluding hydrogens is 756 g/mol. The molecule has 9 heteroatoms. The van der Waals surface area contributed by atoms with E-state index < -0.39 is 24.6 Å². The van der Waals surface area contributed by atoms with E-state index in [4.69, 9.17) is 0 Å². The Morgan fingerprint density at radius 3 is 0.723 bits per heavy atom. The molecule has 0 amide bonds. The van der Waals surface area contributed by atoms with E-state index >= 15 is 0 Å². The van der Waals surface area contributed by atoms with Crippen LogP contribution in [0.3, 0.4) is 0 Å². The molecule has 0 aromatic heterocycles. The first kappa shape index (κ1) is 34.8. The number of hydrogen-bond acceptors (Lipinski definition) is 4. The van der Waals surface area contributed by atoms with Gasteiger partial charge in [0.1, 0.15) is 0 Å². The first-order valence-electron chi connectivity index (χ1n) is 18.0. The summed E-state index contributed by atoms with van der Waals surface area (Å²) in [5, 5.41) is 0. The Morgan fingerprint density at radius 1 is 0.362 bits per heavy atom. The van der Waals surface area contributed by atoms with Gasteiger partial charge in [0.2, 0.25) is 0 Å². The van der Waals surface area contributed by atoms with Gasteiger partial charge >= 0.3 is 301 Å². The van der Waals surface area contributed by atoms with Crippen molar-refractivity contribution in [2.45, 2.75) is 86.0 Å². The summed E-state index contributed by atoms with van der Waals surface area (Å²) in [5.74, 6) is 0. The molecule has 4 nitrogen and oxygen atoms in total. The Balaban J connectivity index is 1.59. The van der Waals surface area contributed by atoms with Crippen molar-refractivity contribution >= 4 is 49.2 Å². The Hall–Kier alpha value is -2.09. The zero-order chi connectivity index (χ0) is 33.2. The van der Waals surface area contributed by atoms with Crippen molar-refractivity contribution in [3.8, 4) is 0 Å². The van der Waals surface area contributed by atoms with Gasteiger partial charge in [-0.2, -0.15) is 0 Å². The fourth-order valence-corrected chi connectivity index (χ4v) is 23.1. The minimum atomic E-state index is -1.97. The summed E-state index contributed by atoms with van der Waals surface area (Å²) in [6.07, 6.45) is 0. The van der Waals surface area contributed by atoms with Gasteiger partial charge in [-0.05, 0) is 0 Å². The van der Waals surface area contributed by atoms with Gasteiger partial charge < -0.3 is 0 Å². The molecule has 0 unspecified atom stereocenters. The summed E-state index contributed by atoms with van der Waals surface area (Å²) >= 11 is -1.97. The molecular formula is C38H50B4HgN4. The number of rotatable bonds is 10. The van der Waals surface area contributed by atoms with E-state index in [1.54, 1.807) is 0 Å². The van der Waals surface area contributed by atoms with Crippen molar-refractivity contribution in [2.24, 2.45) is 0 Å². The van der Waals surface area contributed by atoms with Crippen LogP contribution in [0.1, 0.15) is 55.4 Å². The van der Waals surface area contributed by atoms with E-state index in [2.05, 4.69) is 196 Å². The van der Waals surface area contributed by atoms with Crippen LogP contribution in [0.25, 0.3) is 0 Å². The van der Waals surface area contributed by atoms with Gasteiger partial charge in [-0.1, -0.05) is 0 Å². The SMILES string of the molecule is CC(C)N1B(c2ccccc2)[CH]([Hg][CH]2B(c3ccccc3)N(C(C)C)N(C(C)C)B2c2ccccc2)B(c2ccccc2)N1C(C)C. The fraction of sp³-hybridized carbons (Fsp3) is 0.368. The van der Waals surface area contributed by atoms with Gasteiger partial charge in [0.15, 0.2) is 0 Å². The van der Waals surface area contributed by atoms with Crippen molar-refractivity contribution < 1.29 is 24.6 Å². The van der Waals surface area contributed by atoms with Crippen LogP contribution < -0.4 is 21.9 Å². The molecule has 4 aromatic rings. The first-order chi connectivity index (χ1) is 22.7. The van der Waals surface area contributed by atoms with Crippen LogP contribution in [0.15, 0.2) is 121 Å². The summed E-state index contributed by atoms with van der Waals surface area (Å²) in [6.45, 7) is 20.7. The molecule has 0 N–H and O–H groups in total. The quantitative estimate of drug-likeness (QED) is 0.207. The van der Waals surface area contributed by atoms with E-state index in [1.807, 2.05) is 0 Å². The van der Waals surface area contributed by atoms with Crippen LogP contribution in [-0.2, 0) is 24.6 Å². The Bertz CT molecular complexity index is 1320. The summed E-state index contributed by atoms with van der Waals surface area (Å²) in [6, 6.07) is 47.6. The van der Waals surface area contributed by atoms with Crippen LogP contribution in [0.4, 0.5) is 0 Å². The molecule has 2 heterocycles. The standard InChI is InChI=1S/2C19H25B2N2.Hg/c2*1-16(2)22-20(18-11-7-5-8-12-18)15-21(23(22)17(3)4)19-13-9-6-10-14-19;/h2*5-17H,1-4H3;. The second kappa shape index (κ2) is 15.2. The third kappa shape index (κ3) is 6.88. The minimum absolute atomic E-state index is 0.360. The Labute approximate surface area is 299 Å². The number of benzene rings is 4. The van der Waals surface area contributed by atoms with Crippen molar-refractivity contribution in [3.05, 3.63) is 121 Å². The summed E-state index contributed by atoms with van der Waals surface area (Å²) in [5.41, 5.74) is 5.90. The topological polar surface area (TPSA) is 13.0 Å². The van der Waals surface area contributed by atoms with Crippen LogP contribution in [0.2, 0.25) is 6.45 Å². The molecule has 0 saturated carbocycles. The van der Waals surface area contributed by atoms with E-state index in [-0.39, 0.29) is 0 Å². The van der Waals surface area contributed by atoms with Gasteiger partial charge in [0.05, 0.1) is 0 Å². The Kier molecular flexibility index (Phi) is 11.3. The predicted octanol–water partition coefficient (Wildman–Crippen LogP) is 5.10. The predicted molar refractivity (Wildman–Crippen MR) is 203 cm³/mol. The molecule has 0 spiro atoms. The van der Waals surface area contributed by atoms with Crippen LogP contribution >= 0.6 is 0 Å². The van der Waals surface area contributed by atoms with Gasteiger partial charge in [-0.3, -0.25) is 0 Å². The van der Waals surface area contributed by atoms with E-state index in [0.29, 0.717) is 58.0 Å². The van der Waals surface area contributed by atoms with Crippen LogP contribution in [0, 0.1) is 0 Å². The molecule has 2 aliphatic heterocycles. The van der Waals surface area contributed by atoms with Gasteiger partial charge in [0.25, 0.3) is 0 Å². The summed E-state index contributed by atoms with van der Waals surface area (Å²) in [4.78, 5) is 11.2. The van der Waals surface area contributed by atoms with E-state index in [0.717, 1.165) is 0 Å². The maximum absolute atomic E-state index is 2.80. The second-order valence-corrected chi connectivity index (χ2v) is 24.0. The van der Waals surface area contributed by atoms with Gasteiger partial charge in [-0.15, -0.1) is 0 Å². The third-order valence-electron chi connectivity index (χ3n) is 10.5. The number of hydrogen-bond donors (Lipinski definition) is 0. The monoisotopic (exact) mass is 808 g/mol. The van der Waals surface area contributed by atoms with Crippen molar-refractivity contribution in [1.82, 2.24) is 19.7 Å². The number of hydrazine groups is 2. The van der Waals surface area contributed by atoms with E-state index in [1.165, 1.54) is 21.9 Å². The number of nitrogens with zero attached hydrogens (tertiary/aromatic N) is 4. The molecule has 0 bridgehead atoms. The average Bonchev–Trinajstić information content (AvgIpc) is 3.61. The zero-order valence-electron chi connectivity index (χ0n) is 29.8.